The van der Waals surface area contributed by atoms with Crippen molar-refractivity contribution in [2.45, 2.75) is 90.6 Å². The predicted octanol–water partition coefficient (Wildman–Crippen LogP) is 5.89. The van der Waals surface area contributed by atoms with Crippen LogP contribution in [0, 0.1) is 17.8 Å². The van der Waals surface area contributed by atoms with E-state index in [1.165, 1.54) is 31.4 Å². The van der Waals surface area contributed by atoms with Crippen molar-refractivity contribution < 1.29 is 42.2 Å². The summed E-state index contributed by atoms with van der Waals surface area (Å²) in [6, 6.07) is 3.52. The van der Waals surface area contributed by atoms with Crippen molar-refractivity contribution >= 4 is 35.1 Å². The van der Waals surface area contributed by atoms with Crippen LogP contribution in [0.4, 0.5) is 13.2 Å². The number of amides is 2. The highest BCUT2D eigenvalue weighted by Gasteiger charge is 2.34. The van der Waals surface area contributed by atoms with Crippen LogP contribution < -0.4 is 5.32 Å². The number of nitrogens with one attached hydrogen (secondary N) is 1. The van der Waals surface area contributed by atoms with Gasteiger partial charge in [0, 0.05) is 44.3 Å². The van der Waals surface area contributed by atoms with E-state index in [0.29, 0.717) is 22.9 Å². The third kappa shape index (κ3) is 10.3. The Bertz CT molecular complexity index is 1310. The maximum absolute atomic E-state index is 13.3. The van der Waals surface area contributed by atoms with Gasteiger partial charge in [0.15, 0.2) is 6.10 Å². The van der Waals surface area contributed by atoms with E-state index in [9.17, 15) is 37.5 Å². The normalized spacial score (nSPS) is 16.1. The molecule has 1 aromatic carbocycles. The Kier molecular flexibility index (Phi) is 11.9. The van der Waals surface area contributed by atoms with Crippen molar-refractivity contribution in [2.24, 2.45) is 17.8 Å². The molecule has 242 valence electrons. The Morgan fingerprint density at radius 2 is 1.75 bits per heavy atom. The number of benzene rings is 1. The fourth-order valence-corrected chi connectivity index (χ4v) is 5.87. The number of hydrogen-bond donors (Lipinski definition) is 2. The van der Waals surface area contributed by atoms with Gasteiger partial charge in [-0.3, -0.25) is 19.2 Å². The smallest absolute Gasteiger partial charge is 0.416 e. The molecule has 0 spiro atoms. The van der Waals surface area contributed by atoms with Crippen molar-refractivity contribution in [2.75, 3.05) is 7.05 Å². The minimum absolute atomic E-state index is 0.0293. The Morgan fingerprint density at radius 3 is 2.27 bits per heavy atom. The number of carbonyl (C=O) groups is 4. The zero-order chi connectivity index (χ0) is 32.8. The van der Waals surface area contributed by atoms with Crippen LogP contribution in [0.15, 0.2) is 29.6 Å². The molecule has 1 fully saturated rings. The highest BCUT2D eigenvalue weighted by molar-refractivity contribution is 7.09. The molecule has 3 rings (SSSR count). The van der Waals surface area contributed by atoms with Crippen LogP contribution in [-0.4, -0.2) is 57.9 Å². The summed E-state index contributed by atoms with van der Waals surface area (Å²) < 4.78 is 44.6. The van der Waals surface area contributed by atoms with Gasteiger partial charge in [-0.25, -0.2) is 4.98 Å². The third-order valence-electron chi connectivity index (χ3n) is 7.77. The molecule has 1 aliphatic carbocycles. The maximum atomic E-state index is 13.3. The van der Waals surface area contributed by atoms with Gasteiger partial charge < -0.3 is 20.1 Å². The first kappa shape index (κ1) is 35.0. The lowest BCUT2D eigenvalue weighted by Gasteiger charge is -2.33. The molecule has 1 aromatic heterocycles. The second-order valence-corrected chi connectivity index (χ2v) is 12.8. The number of halogens is 3. The first-order valence-electron chi connectivity index (χ1n) is 14.6. The number of nitrogens with zero attached hydrogens (tertiary/aromatic N) is 2. The number of alkyl halides is 3. The van der Waals surface area contributed by atoms with E-state index >= 15 is 0 Å². The topological polar surface area (TPSA) is 126 Å². The van der Waals surface area contributed by atoms with Gasteiger partial charge in [0.1, 0.15) is 10.7 Å². The fourth-order valence-electron chi connectivity index (χ4n) is 5.03. The molecule has 44 heavy (non-hydrogen) atoms. The van der Waals surface area contributed by atoms with Crippen LogP contribution in [0.2, 0.25) is 0 Å². The number of esters is 1. The van der Waals surface area contributed by atoms with Gasteiger partial charge in [-0.15, -0.1) is 11.3 Å². The van der Waals surface area contributed by atoms with Gasteiger partial charge in [-0.2, -0.15) is 13.2 Å². The van der Waals surface area contributed by atoms with Crippen molar-refractivity contribution in [3.63, 3.8) is 0 Å². The zero-order valence-electron chi connectivity index (χ0n) is 25.5. The molecular weight excluding hydrogens is 599 g/mol. The van der Waals surface area contributed by atoms with Gasteiger partial charge in [0.25, 0.3) is 5.91 Å². The molecule has 3 unspecified atom stereocenters. The monoisotopic (exact) mass is 639 g/mol. The number of carboxylic acid groups (broad SMARTS) is 1. The van der Waals surface area contributed by atoms with Crippen LogP contribution in [-0.2, 0) is 31.7 Å². The van der Waals surface area contributed by atoms with Gasteiger partial charge in [0.2, 0.25) is 5.91 Å². The van der Waals surface area contributed by atoms with E-state index < -0.39 is 47.6 Å². The molecule has 0 radical (unpaired) electrons. The predicted molar refractivity (Wildman–Crippen MR) is 158 cm³/mol. The molecule has 13 heteroatoms. The molecule has 1 aliphatic rings. The van der Waals surface area contributed by atoms with E-state index in [1.54, 1.807) is 11.9 Å². The molecule has 2 amide bonds. The number of hydrogen-bond acceptors (Lipinski definition) is 7. The van der Waals surface area contributed by atoms with Crippen molar-refractivity contribution in [1.29, 1.82) is 0 Å². The van der Waals surface area contributed by atoms with Gasteiger partial charge in [-0.05, 0) is 55.2 Å². The molecule has 0 bridgehead atoms. The Labute approximate surface area is 259 Å². The first-order valence-corrected chi connectivity index (χ1v) is 15.5. The molecule has 4 atom stereocenters. The van der Waals surface area contributed by atoms with Crippen LogP contribution in [0.1, 0.15) is 92.5 Å². The van der Waals surface area contributed by atoms with Crippen LogP contribution in [0.25, 0.3) is 0 Å². The highest BCUT2D eigenvalue weighted by Crippen LogP contribution is 2.35. The molecule has 1 heterocycles. The molecular formula is C31H40F3N3O6S. The summed E-state index contributed by atoms with van der Waals surface area (Å²) in [5.74, 6) is -2.54. The summed E-state index contributed by atoms with van der Waals surface area (Å²) in [5.41, 5.74) is -0.284. The molecule has 2 N–H and O–H groups in total. The largest absolute Gasteiger partial charge is 0.481 e. The van der Waals surface area contributed by atoms with Crippen LogP contribution in [0.3, 0.4) is 0 Å². The zero-order valence-corrected chi connectivity index (χ0v) is 26.3. The number of carbonyl (C=O) groups excluding carboxylic acids is 3. The number of thiazole rings is 1. The number of aromatic nitrogens is 1. The lowest BCUT2D eigenvalue weighted by atomic mass is 9.95. The summed E-state index contributed by atoms with van der Waals surface area (Å²) in [5, 5.41) is 14.1. The Balaban J connectivity index is 1.77. The lowest BCUT2D eigenvalue weighted by molar-refractivity contribution is -0.148. The lowest BCUT2D eigenvalue weighted by Crippen LogP contribution is -2.42. The second kappa shape index (κ2) is 15.0. The molecule has 2 aromatic rings. The van der Waals surface area contributed by atoms with E-state index in [-0.39, 0.29) is 42.8 Å². The summed E-state index contributed by atoms with van der Waals surface area (Å²) in [6.45, 7) is 6.71. The number of carboxylic acids is 1. The number of rotatable bonds is 15. The highest BCUT2D eigenvalue weighted by atomic mass is 32.1. The number of aliphatic carboxylic acids is 1. The summed E-state index contributed by atoms with van der Waals surface area (Å²) in [4.78, 5) is 55.8. The minimum atomic E-state index is -4.49. The van der Waals surface area contributed by atoms with Gasteiger partial charge >= 0.3 is 18.1 Å². The quantitative estimate of drug-likeness (QED) is 0.233. The van der Waals surface area contributed by atoms with Crippen molar-refractivity contribution in [1.82, 2.24) is 15.2 Å². The van der Waals surface area contributed by atoms with Crippen molar-refractivity contribution in [3.8, 4) is 0 Å². The first-order chi connectivity index (χ1) is 20.5. The average Bonchev–Trinajstić information content (AvgIpc) is 3.60. The van der Waals surface area contributed by atoms with Crippen molar-refractivity contribution in [3.05, 3.63) is 51.5 Å². The van der Waals surface area contributed by atoms with Crippen LogP contribution in [0.5, 0.6) is 0 Å². The average molecular weight is 640 g/mol. The third-order valence-corrected chi connectivity index (χ3v) is 8.71. The molecule has 9 nitrogen and oxygen atoms in total. The Morgan fingerprint density at radius 1 is 1.11 bits per heavy atom. The van der Waals surface area contributed by atoms with Crippen LogP contribution >= 0.6 is 11.3 Å². The van der Waals surface area contributed by atoms with E-state index in [2.05, 4.69) is 10.3 Å². The summed E-state index contributed by atoms with van der Waals surface area (Å²) in [7, 11) is 1.75. The standard InChI is InChI=1S/C31H40F3N3O6S/c1-17(2)25(37(5)27(39)14-21-6-7-21)15-26(43-19(4)38)29-36-24(16-44-29)28(40)35-23(12-18(3)30(41)42)13-20-8-10-22(11-9-20)31(32,33)34/h8-11,16-18,21,23,25-26H,6-7,12-15H2,1-5H3,(H,35,40)(H,41,42)/t18?,23-,25?,26?/m1/s1. The fraction of sp³-hybridized carbons (Fsp3) is 0.581. The minimum Gasteiger partial charge on any atom is -0.481 e. The van der Waals surface area contributed by atoms with E-state index in [1.807, 2.05) is 13.8 Å². The Hall–Kier alpha value is -3.48. The van der Waals surface area contributed by atoms with Gasteiger partial charge in [0.05, 0.1) is 11.5 Å². The summed E-state index contributed by atoms with van der Waals surface area (Å²) in [6.07, 6.45) is -2.30. The molecule has 1 saturated carbocycles. The van der Waals surface area contributed by atoms with E-state index in [4.69, 9.17) is 4.74 Å². The molecule has 0 aliphatic heterocycles. The maximum Gasteiger partial charge on any atom is 0.416 e. The summed E-state index contributed by atoms with van der Waals surface area (Å²) >= 11 is 1.12. The second-order valence-electron chi connectivity index (χ2n) is 11.9. The van der Waals surface area contributed by atoms with Gasteiger partial charge in [-0.1, -0.05) is 32.9 Å². The van der Waals surface area contributed by atoms with E-state index in [0.717, 1.165) is 36.3 Å². The number of ether oxygens (including phenoxy) is 1. The SMILES string of the molecule is CC(=O)OC(CC(C(C)C)N(C)C(=O)CC1CC1)c1nc(C(=O)N[C@@H](Cc2ccc(C(F)(F)F)cc2)CC(C)C(=O)O)cs1. The molecule has 0 saturated heterocycles.